The van der Waals surface area contributed by atoms with Gasteiger partial charge in [-0.15, -0.1) is 0 Å². The lowest BCUT2D eigenvalue weighted by Gasteiger charge is -2.26. The molecule has 1 aromatic carbocycles. The minimum atomic E-state index is 0.120. The Morgan fingerprint density at radius 3 is 3.07 bits per heavy atom. The third-order valence-corrected chi connectivity index (χ3v) is 5.84. The lowest BCUT2D eigenvalue weighted by molar-refractivity contribution is 0.257. The lowest BCUT2D eigenvalue weighted by Crippen LogP contribution is -2.39. The van der Waals surface area contributed by atoms with Gasteiger partial charge in [-0.05, 0) is 47.4 Å². The van der Waals surface area contributed by atoms with E-state index in [4.69, 9.17) is 9.73 Å². The van der Waals surface area contributed by atoms with Gasteiger partial charge in [0.2, 0.25) is 0 Å². The van der Waals surface area contributed by atoms with Gasteiger partial charge in [0, 0.05) is 17.8 Å². The van der Waals surface area contributed by atoms with Crippen LogP contribution >= 0.6 is 0 Å². The average Bonchev–Trinajstić information content (AvgIpc) is 3.39. The fourth-order valence-corrected chi connectivity index (χ4v) is 4.40. The fourth-order valence-electron chi connectivity index (χ4n) is 4.40. The maximum absolute atomic E-state index is 5.97. The monoisotopic (exact) mass is 368 g/mol. The molecule has 3 unspecified atom stereocenters. The van der Waals surface area contributed by atoms with Gasteiger partial charge in [0.05, 0.1) is 24.6 Å². The highest BCUT2D eigenvalue weighted by Crippen LogP contribution is 2.32. The average molecular weight is 368 g/mol. The number of amidine groups is 1. The predicted molar refractivity (Wildman–Crippen MR) is 110 cm³/mol. The molecule has 3 atom stereocenters. The predicted octanol–water partition coefficient (Wildman–Crippen LogP) is 3.51. The number of fused-ring (bicyclic) bond motifs is 3. The second-order valence-corrected chi connectivity index (χ2v) is 7.57. The van der Waals surface area contributed by atoms with Crippen molar-refractivity contribution < 1.29 is 4.74 Å². The Hall–Kier alpha value is -3.34. The molecule has 0 spiro atoms. The van der Waals surface area contributed by atoms with E-state index in [9.17, 15) is 0 Å². The number of H-pyrrole nitrogens is 1. The van der Waals surface area contributed by atoms with Crippen LogP contribution in [-0.2, 0) is 6.42 Å². The molecule has 2 N–H and O–H groups in total. The quantitative estimate of drug-likeness (QED) is 0.728. The van der Waals surface area contributed by atoms with E-state index >= 15 is 0 Å². The summed E-state index contributed by atoms with van der Waals surface area (Å²) in [6.45, 7) is 0.677. The standard InChI is InChI=1S/C23H20N4O/c1-2-4-21-15(3-1)11-16(13-28-21)22-26-19-6-5-14(12-20(19)27-22)17-7-9-24-23-18(17)8-10-25-23/h1-10,12,16,19-20H,11,13H2,(H,24,25)(H,26,27). The molecule has 0 bridgehead atoms. The Bertz CT molecular complexity index is 1160. The Morgan fingerprint density at radius 2 is 2.07 bits per heavy atom. The summed E-state index contributed by atoms with van der Waals surface area (Å²) in [6, 6.07) is 12.8. The number of nitrogens with one attached hydrogen (secondary N) is 2. The van der Waals surface area contributed by atoms with Gasteiger partial charge in [0.25, 0.3) is 0 Å². The number of aromatic amines is 1. The molecule has 5 nitrogen and oxygen atoms in total. The number of aromatic nitrogens is 2. The normalized spacial score (nSPS) is 25.4. The van der Waals surface area contributed by atoms with Crippen LogP contribution in [0.2, 0.25) is 0 Å². The lowest BCUT2D eigenvalue weighted by atomic mass is 9.93. The summed E-state index contributed by atoms with van der Waals surface area (Å²) in [7, 11) is 0. The molecule has 0 fully saturated rings. The van der Waals surface area contributed by atoms with Crippen LogP contribution in [0.1, 0.15) is 11.1 Å². The first-order valence-electron chi connectivity index (χ1n) is 9.72. The molecule has 5 heteroatoms. The minimum Gasteiger partial charge on any atom is -0.493 e. The van der Waals surface area contributed by atoms with Crippen molar-refractivity contribution in [3.8, 4) is 5.75 Å². The Balaban J connectivity index is 1.30. The molecule has 0 saturated carbocycles. The second kappa shape index (κ2) is 6.09. The van der Waals surface area contributed by atoms with Crippen molar-refractivity contribution in [1.82, 2.24) is 15.3 Å². The number of rotatable bonds is 2. The second-order valence-electron chi connectivity index (χ2n) is 7.57. The van der Waals surface area contributed by atoms with E-state index in [1.54, 1.807) is 0 Å². The largest absolute Gasteiger partial charge is 0.493 e. The number of hydrogen-bond donors (Lipinski definition) is 2. The van der Waals surface area contributed by atoms with E-state index in [-0.39, 0.29) is 18.0 Å². The van der Waals surface area contributed by atoms with Crippen LogP contribution in [0.5, 0.6) is 5.75 Å². The zero-order chi connectivity index (χ0) is 18.5. The molecule has 2 aliphatic heterocycles. The van der Waals surface area contributed by atoms with Crippen molar-refractivity contribution in [3.05, 3.63) is 78.1 Å². The molecule has 6 rings (SSSR count). The zero-order valence-electron chi connectivity index (χ0n) is 15.3. The van der Waals surface area contributed by atoms with Crippen LogP contribution < -0.4 is 10.1 Å². The molecule has 0 radical (unpaired) electrons. The number of benzene rings is 1. The molecule has 1 aliphatic carbocycles. The molecule has 3 aliphatic rings. The first-order chi connectivity index (χ1) is 13.8. The summed E-state index contributed by atoms with van der Waals surface area (Å²) in [4.78, 5) is 12.6. The van der Waals surface area contributed by atoms with Gasteiger partial charge in [-0.2, -0.15) is 0 Å². The maximum Gasteiger partial charge on any atom is 0.137 e. The summed E-state index contributed by atoms with van der Waals surface area (Å²) in [5, 5.41) is 4.76. The van der Waals surface area contributed by atoms with Crippen LogP contribution in [-0.4, -0.2) is 34.5 Å². The van der Waals surface area contributed by atoms with Crippen LogP contribution in [0, 0.1) is 5.92 Å². The van der Waals surface area contributed by atoms with Gasteiger partial charge in [0.1, 0.15) is 17.2 Å². The number of para-hydroxylation sites is 1. The number of hydrogen-bond acceptors (Lipinski definition) is 4. The van der Waals surface area contributed by atoms with Crippen molar-refractivity contribution in [2.24, 2.45) is 10.9 Å². The van der Waals surface area contributed by atoms with E-state index in [1.165, 1.54) is 16.7 Å². The molecule has 28 heavy (non-hydrogen) atoms. The van der Waals surface area contributed by atoms with Crippen molar-refractivity contribution >= 4 is 22.4 Å². The zero-order valence-corrected chi connectivity index (χ0v) is 15.3. The maximum atomic E-state index is 5.97. The molecule has 138 valence electrons. The van der Waals surface area contributed by atoms with Crippen molar-refractivity contribution in [2.75, 3.05) is 6.61 Å². The van der Waals surface area contributed by atoms with Crippen LogP contribution in [0.15, 0.2) is 72.0 Å². The summed E-state index contributed by atoms with van der Waals surface area (Å²) < 4.78 is 5.97. The fraction of sp³-hybridized carbons (Fsp3) is 0.217. The highest BCUT2D eigenvalue weighted by atomic mass is 16.5. The van der Waals surface area contributed by atoms with E-state index in [0.717, 1.165) is 29.0 Å². The minimum absolute atomic E-state index is 0.120. The molecule has 0 saturated heterocycles. The van der Waals surface area contributed by atoms with Gasteiger partial charge in [-0.3, -0.25) is 4.99 Å². The van der Waals surface area contributed by atoms with Crippen LogP contribution in [0.4, 0.5) is 0 Å². The number of allylic oxidation sites excluding steroid dienone is 2. The topological polar surface area (TPSA) is 62.3 Å². The van der Waals surface area contributed by atoms with E-state index in [0.29, 0.717) is 6.61 Å². The molecule has 4 heterocycles. The van der Waals surface area contributed by atoms with E-state index in [2.05, 4.69) is 57.8 Å². The van der Waals surface area contributed by atoms with Gasteiger partial charge in [-0.25, -0.2) is 4.98 Å². The van der Waals surface area contributed by atoms with E-state index < -0.39 is 0 Å². The molecule has 2 aromatic heterocycles. The van der Waals surface area contributed by atoms with E-state index in [1.807, 2.05) is 24.5 Å². The number of ether oxygens (including phenoxy) is 1. The van der Waals surface area contributed by atoms with Crippen LogP contribution in [0.3, 0.4) is 0 Å². The third-order valence-electron chi connectivity index (χ3n) is 5.84. The Labute approximate surface area is 162 Å². The Kier molecular flexibility index (Phi) is 3.41. The Morgan fingerprint density at radius 1 is 1.11 bits per heavy atom. The summed E-state index contributed by atoms with van der Waals surface area (Å²) in [5.41, 5.74) is 4.57. The number of aliphatic imine (C=N–C) groups is 1. The summed E-state index contributed by atoms with van der Waals surface area (Å²) >= 11 is 0. The highest BCUT2D eigenvalue weighted by molar-refractivity contribution is 5.95. The number of nitrogens with zero attached hydrogens (tertiary/aromatic N) is 2. The third kappa shape index (κ3) is 2.47. The highest BCUT2D eigenvalue weighted by Gasteiger charge is 2.33. The van der Waals surface area contributed by atoms with Gasteiger partial charge >= 0.3 is 0 Å². The first-order valence-corrected chi connectivity index (χ1v) is 9.72. The van der Waals surface area contributed by atoms with Gasteiger partial charge in [0.15, 0.2) is 0 Å². The van der Waals surface area contributed by atoms with Gasteiger partial charge in [-0.1, -0.05) is 30.4 Å². The molecular weight excluding hydrogens is 348 g/mol. The van der Waals surface area contributed by atoms with Crippen molar-refractivity contribution in [3.63, 3.8) is 0 Å². The molecular formula is C23H20N4O. The summed E-state index contributed by atoms with van der Waals surface area (Å²) in [6.07, 6.45) is 11.5. The van der Waals surface area contributed by atoms with Crippen molar-refractivity contribution in [1.29, 1.82) is 0 Å². The smallest absolute Gasteiger partial charge is 0.137 e. The van der Waals surface area contributed by atoms with Crippen molar-refractivity contribution in [2.45, 2.75) is 18.5 Å². The SMILES string of the molecule is C1=CC2NC(C3COc4ccccc4C3)=NC2C=C1c1ccnc2[nH]ccc12. The number of pyridine rings is 1. The molecule has 0 amide bonds. The van der Waals surface area contributed by atoms with Crippen LogP contribution in [0.25, 0.3) is 16.6 Å². The summed E-state index contributed by atoms with van der Waals surface area (Å²) in [5.74, 6) is 2.35. The van der Waals surface area contributed by atoms with Gasteiger partial charge < -0.3 is 15.0 Å². The molecule has 3 aromatic rings. The first kappa shape index (κ1) is 15.7.